The number of aliphatic imine (C=N–C) groups is 1. The van der Waals surface area contributed by atoms with Gasteiger partial charge in [0.05, 0.1) is 13.2 Å². The topological polar surface area (TPSA) is 55.4 Å². The average Bonchev–Trinajstić information content (AvgIpc) is 3.01. The molecule has 2 fully saturated rings. The Morgan fingerprint density at radius 1 is 0.970 bits per heavy atom. The Bertz CT molecular complexity index is 693. The lowest BCUT2D eigenvalue weighted by Gasteiger charge is -2.37. The van der Waals surface area contributed by atoms with Crippen LogP contribution in [0, 0.1) is 5.92 Å². The van der Waals surface area contributed by atoms with Gasteiger partial charge in [0.2, 0.25) is 0 Å². The molecule has 3 rings (SSSR count). The van der Waals surface area contributed by atoms with E-state index in [1.54, 1.807) is 0 Å². The van der Waals surface area contributed by atoms with Crippen molar-refractivity contribution in [3.63, 3.8) is 0 Å². The van der Waals surface area contributed by atoms with Gasteiger partial charge in [-0.3, -0.25) is 14.8 Å². The summed E-state index contributed by atoms with van der Waals surface area (Å²) in [4.78, 5) is 12.0. The normalized spacial score (nSPS) is 20.2. The molecule has 2 saturated heterocycles. The minimum Gasteiger partial charge on any atom is -0.379 e. The number of guanidine groups is 1. The summed E-state index contributed by atoms with van der Waals surface area (Å²) < 4.78 is 5.52. The zero-order valence-corrected chi connectivity index (χ0v) is 23.4. The molecule has 0 saturated carbocycles. The van der Waals surface area contributed by atoms with E-state index in [9.17, 15) is 0 Å². The molecule has 1 aromatic carbocycles. The van der Waals surface area contributed by atoms with Crippen LogP contribution in [0.5, 0.6) is 0 Å². The summed E-state index contributed by atoms with van der Waals surface area (Å²) >= 11 is 0. The van der Waals surface area contributed by atoms with Gasteiger partial charge in [-0.05, 0) is 43.6 Å². The van der Waals surface area contributed by atoms with E-state index in [0.717, 1.165) is 65.0 Å². The van der Waals surface area contributed by atoms with Gasteiger partial charge in [0.15, 0.2) is 5.96 Å². The first-order valence-electron chi connectivity index (χ1n) is 12.3. The van der Waals surface area contributed by atoms with Crippen LogP contribution in [0.4, 0.5) is 0 Å². The predicted molar refractivity (Wildman–Crippen MR) is 148 cm³/mol. The highest BCUT2D eigenvalue weighted by molar-refractivity contribution is 14.0. The van der Waals surface area contributed by atoms with E-state index in [2.05, 4.69) is 75.5 Å². The van der Waals surface area contributed by atoms with Crippen molar-refractivity contribution >= 4 is 29.9 Å². The van der Waals surface area contributed by atoms with Crippen molar-refractivity contribution in [2.75, 3.05) is 73.1 Å². The summed E-state index contributed by atoms with van der Waals surface area (Å²) in [5, 5.41) is 7.02. The molecule has 33 heavy (non-hydrogen) atoms. The van der Waals surface area contributed by atoms with Crippen molar-refractivity contribution in [1.82, 2.24) is 25.3 Å². The van der Waals surface area contributed by atoms with Crippen molar-refractivity contribution in [2.45, 2.75) is 39.4 Å². The molecule has 0 radical (unpaired) electrons. The number of nitrogens with zero attached hydrogens (tertiary/aromatic N) is 4. The second-order valence-corrected chi connectivity index (χ2v) is 9.52. The summed E-state index contributed by atoms with van der Waals surface area (Å²) in [6.45, 7) is 15.7. The molecule has 0 bridgehead atoms. The third kappa shape index (κ3) is 9.68. The van der Waals surface area contributed by atoms with E-state index in [4.69, 9.17) is 4.74 Å². The van der Waals surface area contributed by atoms with E-state index >= 15 is 0 Å². The van der Waals surface area contributed by atoms with E-state index < -0.39 is 0 Å². The second kappa shape index (κ2) is 15.1. The average molecular weight is 573 g/mol. The zero-order valence-electron chi connectivity index (χ0n) is 21.1. The van der Waals surface area contributed by atoms with Crippen LogP contribution < -0.4 is 10.6 Å². The first-order valence-corrected chi connectivity index (χ1v) is 12.3. The monoisotopic (exact) mass is 572 g/mol. The number of rotatable bonds is 8. The van der Waals surface area contributed by atoms with Crippen LogP contribution >= 0.6 is 24.0 Å². The van der Waals surface area contributed by atoms with Crippen molar-refractivity contribution < 1.29 is 4.74 Å². The van der Waals surface area contributed by atoms with E-state index in [-0.39, 0.29) is 24.0 Å². The van der Waals surface area contributed by atoms with Crippen LogP contribution in [0.15, 0.2) is 29.3 Å². The molecule has 1 unspecified atom stereocenters. The number of hydrogen-bond acceptors (Lipinski definition) is 5. The summed E-state index contributed by atoms with van der Waals surface area (Å²) in [7, 11) is 4.07. The maximum Gasteiger partial charge on any atom is 0.191 e. The fourth-order valence-corrected chi connectivity index (χ4v) is 4.58. The number of benzene rings is 1. The first kappa shape index (κ1) is 28.3. The Kier molecular flexibility index (Phi) is 13.0. The lowest BCUT2D eigenvalue weighted by atomic mass is 10.0. The molecule has 1 atom stereocenters. The number of likely N-dealkylation sites (N-methyl/N-ethyl adjacent to an activating group) is 1. The van der Waals surface area contributed by atoms with Crippen LogP contribution in [0.1, 0.15) is 31.4 Å². The zero-order chi connectivity index (χ0) is 22.8. The van der Waals surface area contributed by atoms with Crippen LogP contribution in [0.25, 0.3) is 0 Å². The fourth-order valence-electron chi connectivity index (χ4n) is 4.58. The van der Waals surface area contributed by atoms with E-state index in [1.807, 2.05) is 7.05 Å². The molecular formula is C25H45IN6O. The van der Waals surface area contributed by atoms with Gasteiger partial charge in [0, 0.05) is 58.9 Å². The largest absolute Gasteiger partial charge is 0.379 e. The molecule has 1 aromatic rings. The van der Waals surface area contributed by atoms with Crippen LogP contribution in [0.3, 0.4) is 0 Å². The molecule has 0 aliphatic carbocycles. The molecule has 2 heterocycles. The fraction of sp³-hybridized carbons (Fsp3) is 0.720. The molecule has 0 spiro atoms. The van der Waals surface area contributed by atoms with E-state index in [0.29, 0.717) is 12.0 Å². The lowest BCUT2D eigenvalue weighted by molar-refractivity contribution is 0.00752. The maximum atomic E-state index is 5.52. The van der Waals surface area contributed by atoms with Gasteiger partial charge in [-0.2, -0.15) is 0 Å². The molecular weight excluding hydrogens is 527 g/mol. The highest BCUT2D eigenvalue weighted by Crippen LogP contribution is 2.13. The molecule has 188 valence electrons. The minimum atomic E-state index is 0. The van der Waals surface area contributed by atoms with Crippen molar-refractivity contribution in [3.8, 4) is 0 Å². The Morgan fingerprint density at radius 2 is 1.67 bits per heavy atom. The quantitative estimate of drug-likeness (QED) is 0.284. The summed E-state index contributed by atoms with van der Waals surface area (Å²) in [5.74, 6) is 1.44. The number of nitrogens with one attached hydrogen (secondary N) is 2. The number of morpholine rings is 1. The Labute approximate surface area is 218 Å². The molecule has 2 aliphatic rings. The number of halogens is 1. The molecule has 8 heteroatoms. The Balaban J connectivity index is 0.00000385. The lowest BCUT2D eigenvalue weighted by Crippen LogP contribution is -2.52. The second-order valence-electron chi connectivity index (χ2n) is 9.52. The van der Waals surface area contributed by atoms with Gasteiger partial charge in [-0.1, -0.05) is 38.1 Å². The van der Waals surface area contributed by atoms with Gasteiger partial charge in [-0.15, -0.1) is 24.0 Å². The number of hydrogen-bond donors (Lipinski definition) is 2. The molecule has 0 aromatic heterocycles. The maximum absolute atomic E-state index is 5.52. The van der Waals surface area contributed by atoms with Gasteiger partial charge >= 0.3 is 0 Å². The van der Waals surface area contributed by atoms with Crippen molar-refractivity contribution in [2.24, 2.45) is 10.9 Å². The van der Waals surface area contributed by atoms with Gasteiger partial charge < -0.3 is 20.3 Å². The van der Waals surface area contributed by atoms with Crippen molar-refractivity contribution in [3.05, 3.63) is 35.4 Å². The van der Waals surface area contributed by atoms with Gasteiger partial charge in [0.25, 0.3) is 0 Å². The molecule has 0 amide bonds. The summed E-state index contributed by atoms with van der Waals surface area (Å²) in [6, 6.07) is 9.51. The summed E-state index contributed by atoms with van der Waals surface area (Å²) in [5.41, 5.74) is 2.67. The number of ether oxygens (including phenoxy) is 1. The highest BCUT2D eigenvalue weighted by atomic mass is 127. The Morgan fingerprint density at radius 3 is 2.33 bits per heavy atom. The Hall–Kier alpha value is -0.940. The molecule has 2 N–H and O–H groups in total. The van der Waals surface area contributed by atoms with E-state index in [1.165, 1.54) is 30.6 Å². The van der Waals surface area contributed by atoms with Crippen LogP contribution in [0.2, 0.25) is 0 Å². The predicted octanol–water partition coefficient (Wildman–Crippen LogP) is 2.46. The third-order valence-electron chi connectivity index (χ3n) is 6.69. The smallest absolute Gasteiger partial charge is 0.191 e. The molecule has 7 nitrogen and oxygen atoms in total. The summed E-state index contributed by atoms with van der Waals surface area (Å²) in [6.07, 6.45) is 1.26. The van der Waals surface area contributed by atoms with Crippen LogP contribution in [-0.2, 0) is 17.8 Å². The van der Waals surface area contributed by atoms with Crippen LogP contribution in [-0.4, -0.2) is 99.8 Å². The SMILES string of the molecule is CN=C(NCc1ccc(CN2CCCN(C)CC2)cc1)NCC(C(C)C)N1CCOCC1.I. The highest BCUT2D eigenvalue weighted by Gasteiger charge is 2.23. The van der Waals surface area contributed by atoms with Gasteiger partial charge in [-0.25, -0.2) is 0 Å². The molecule has 2 aliphatic heterocycles. The first-order chi connectivity index (χ1) is 15.5. The van der Waals surface area contributed by atoms with Crippen molar-refractivity contribution in [1.29, 1.82) is 0 Å². The minimum absolute atomic E-state index is 0. The van der Waals surface area contributed by atoms with Gasteiger partial charge in [0.1, 0.15) is 0 Å². The third-order valence-corrected chi connectivity index (χ3v) is 6.69. The standard InChI is InChI=1S/C25H44N6O.HI/c1-21(2)24(31-14-16-32-17-15-31)19-28-25(26-3)27-18-22-6-8-23(9-7-22)20-30-11-5-10-29(4)12-13-30;/h6-9,21,24H,5,10-20H2,1-4H3,(H2,26,27,28);1H.